The molecule has 12 heteroatoms. The van der Waals surface area contributed by atoms with E-state index < -0.39 is 72.9 Å². The van der Waals surface area contributed by atoms with Gasteiger partial charge in [-0.2, -0.15) is 0 Å². The van der Waals surface area contributed by atoms with Gasteiger partial charge in [-0.1, -0.05) is 21.6 Å². The fraction of sp³-hybridized carbons (Fsp3) is 1.00. The van der Waals surface area contributed by atoms with Crippen molar-refractivity contribution in [2.75, 3.05) is 13.2 Å². The zero-order valence-corrected chi connectivity index (χ0v) is 14.0. The number of hydrogen-bond donors (Lipinski definition) is 8. The fourth-order valence-electron chi connectivity index (χ4n) is 2.40. The minimum atomic E-state index is -1.52. The van der Waals surface area contributed by atoms with Crippen molar-refractivity contribution in [3.05, 3.63) is 0 Å². The van der Waals surface area contributed by atoms with Crippen molar-refractivity contribution in [3.63, 3.8) is 0 Å². The molecule has 0 aromatic rings. The Hall–Kier alpha value is 0.300. The number of rotatable bonds is 5. The Morgan fingerprint density at radius 2 is 0.875 bits per heavy atom. The van der Waals surface area contributed by atoms with Crippen LogP contribution in [-0.2, 0) is 9.47 Å². The van der Waals surface area contributed by atoms with Crippen LogP contribution in [0.15, 0.2) is 0 Å². The van der Waals surface area contributed by atoms with E-state index in [1.807, 2.05) is 0 Å². The van der Waals surface area contributed by atoms with Crippen molar-refractivity contribution in [2.45, 2.75) is 59.7 Å². The molecule has 8 N–H and O–H groups in total. The molecule has 2 heterocycles. The number of ether oxygens (including phenoxy) is 2. The topological polar surface area (TPSA) is 180 Å². The number of aliphatic hydroxyl groups is 8. The first-order chi connectivity index (χ1) is 11.3. The normalized spacial score (nSPS) is 50.0. The van der Waals surface area contributed by atoms with Crippen LogP contribution >= 0.6 is 21.6 Å². The van der Waals surface area contributed by atoms with Crippen LogP contribution in [0.3, 0.4) is 0 Å². The molecular formula is C12H22O10S2. The van der Waals surface area contributed by atoms with Crippen molar-refractivity contribution in [2.24, 2.45) is 0 Å². The van der Waals surface area contributed by atoms with Gasteiger partial charge in [0, 0.05) is 0 Å². The third-order valence-corrected chi connectivity index (χ3v) is 6.68. The van der Waals surface area contributed by atoms with Gasteiger partial charge in [-0.3, -0.25) is 0 Å². The molecule has 0 aromatic carbocycles. The van der Waals surface area contributed by atoms with Crippen molar-refractivity contribution in [1.29, 1.82) is 0 Å². The Labute approximate surface area is 145 Å². The van der Waals surface area contributed by atoms with Crippen molar-refractivity contribution in [1.82, 2.24) is 0 Å². The maximum atomic E-state index is 9.93. The van der Waals surface area contributed by atoms with Crippen LogP contribution in [-0.4, -0.2) is 114 Å². The summed E-state index contributed by atoms with van der Waals surface area (Å²) >= 11 is 0. The highest BCUT2D eigenvalue weighted by atomic mass is 33.1. The molecule has 24 heavy (non-hydrogen) atoms. The molecule has 2 rings (SSSR count). The monoisotopic (exact) mass is 390 g/mol. The summed E-state index contributed by atoms with van der Waals surface area (Å²) in [5.74, 6) is 0. The molecule has 0 spiro atoms. The molecule has 142 valence electrons. The van der Waals surface area contributed by atoms with Gasteiger partial charge in [0.15, 0.2) is 0 Å². The molecule has 10 atom stereocenters. The minimum absolute atomic E-state index is 0.563. The van der Waals surface area contributed by atoms with E-state index in [4.69, 9.17) is 19.7 Å². The highest BCUT2D eigenvalue weighted by molar-refractivity contribution is 8.77. The Morgan fingerprint density at radius 3 is 1.17 bits per heavy atom. The fourth-order valence-corrected chi connectivity index (χ4v) is 5.16. The predicted molar refractivity (Wildman–Crippen MR) is 82.7 cm³/mol. The van der Waals surface area contributed by atoms with Crippen LogP contribution in [0.4, 0.5) is 0 Å². The SMILES string of the molecule is OC[C@H]1O[C@@H](SSC2O[C@H](CO)[C@@H](O)[C@H](O)[C@H]2O)[C@@H](O)[C@@H](O)[C@@H]1O. The Kier molecular flexibility index (Phi) is 7.55. The zero-order valence-electron chi connectivity index (χ0n) is 12.4. The van der Waals surface area contributed by atoms with Crippen LogP contribution in [0, 0.1) is 0 Å². The van der Waals surface area contributed by atoms with Gasteiger partial charge in [0.1, 0.15) is 59.7 Å². The molecule has 0 aliphatic carbocycles. The molecule has 0 aromatic heterocycles. The molecule has 0 amide bonds. The van der Waals surface area contributed by atoms with Gasteiger partial charge in [0.25, 0.3) is 0 Å². The van der Waals surface area contributed by atoms with Gasteiger partial charge in [0.05, 0.1) is 13.2 Å². The van der Waals surface area contributed by atoms with E-state index in [1.165, 1.54) is 0 Å². The average molecular weight is 390 g/mol. The summed E-state index contributed by atoms with van der Waals surface area (Å²) in [7, 11) is 1.72. The second-order valence-corrected chi connectivity index (χ2v) is 8.06. The molecule has 10 nitrogen and oxygen atoms in total. The molecule has 0 radical (unpaired) electrons. The lowest BCUT2D eigenvalue weighted by atomic mass is 10.0. The van der Waals surface area contributed by atoms with Crippen LogP contribution in [0.25, 0.3) is 0 Å². The largest absolute Gasteiger partial charge is 0.394 e. The predicted octanol–water partition coefficient (Wildman–Crippen LogP) is -4.03. The lowest BCUT2D eigenvalue weighted by Crippen LogP contribution is -2.58. The summed E-state index contributed by atoms with van der Waals surface area (Å²) in [4.78, 5) is 0. The standard InChI is InChI=1S/C12H22O10S2/c13-1-3-5(15)7(17)9(19)11(21-3)23-24-12-10(20)8(18)6(16)4(2-14)22-12/h3-20H,1-2H2/t3-,4-,5-,6-,7+,8+,9-,10+,11?,12+/m1/s1. The molecule has 2 aliphatic heterocycles. The summed E-state index contributed by atoms with van der Waals surface area (Å²) < 4.78 is 10.6. The lowest BCUT2D eigenvalue weighted by molar-refractivity contribution is -0.206. The van der Waals surface area contributed by atoms with Crippen molar-refractivity contribution in [3.8, 4) is 0 Å². The van der Waals surface area contributed by atoms with E-state index in [1.54, 1.807) is 0 Å². The Morgan fingerprint density at radius 1 is 0.542 bits per heavy atom. The number of aliphatic hydroxyl groups excluding tert-OH is 8. The lowest BCUT2D eigenvalue weighted by Gasteiger charge is -2.42. The van der Waals surface area contributed by atoms with E-state index in [9.17, 15) is 30.6 Å². The van der Waals surface area contributed by atoms with Crippen LogP contribution < -0.4 is 0 Å². The quantitative estimate of drug-likeness (QED) is 0.213. The average Bonchev–Trinajstić information content (AvgIpc) is 2.58. The Balaban J connectivity index is 1.96. The summed E-state index contributed by atoms with van der Waals surface area (Å²) in [5, 5.41) is 76.9. The molecule has 0 bridgehead atoms. The van der Waals surface area contributed by atoms with E-state index >= 15 is 0 Å². The van der Waals surface area contributed by atoms with Gasteiger partial charge in [0.2, 0.25) is 0 Å². The summed E-state index contributed by atoms with van der Waals surface area (Å²) in [5.41, 5.74) is -2.09. The maximum Gasteiger partial charge on any atom is 0.142 e. The number of hydrogen-bond acceptors (Lipinski definition) is 12. The molecule has 2 aliphatic rings. The third kappa shape index (κ3) is 4.16. The smallest absolute Gasteiger partial charge is 0.142 e. The van der Waals surface area contributed by atoms with Crippen molar-refractivity contribution < 1.29 is 50.3 Å². The molecule has 1 unspecified atom stereocenters. The van der Waals surface area contributed by atoms with E-state index in [2.05, 4.69) is 0 Å². The molecule has 2 fully saturated rings. The first-order valence-corrected chi connectivity index (χ1v) is 9.52. The van der Waals surface area contributed by atoms with Crippen LogP contribution in [0.5, 0.6) is 0 Å². The van der Waals surface area contributed by atoms with Gasteiger partial charge >= 0.3 is 0 Å². The van der Waals surface area contributed by atoms with Gasteiger partial charge in [-0.15, -0.1) is 0 Å². The van der Waals surface area contributed by atoms with E-state index in [0.29, 0.717) is 0 Å². The highest BCUT2D eigenvalue weighted by Crippen LogP contribution is 2.41. The first-order valence-electron chi connectivity index (χ1n) is 7.25. The van der Waals surface area contributed by atoms with Gasteiger partial charge in [-0.25, -0.2) is 0 Å². The minimum Gasteiger partial charge on any atom is -0.394 e. The maximum absolute atomic E-state index is 9.93. The zero-order chi connectivity index (χ0) is 18.0. The second kappa shape index (κ2) is 8.79. The van der Waals surface area contributed by atoms with E-state index in [0.717, 1.165) is 21.6 Å². The van der Waals surface area contributed by atoms with Crippen LogP contribution in [0.1, 0.15) is 0 Å². The van der Waals surface area contributed by atoms with E-state index in [-0.39, 0.29) is 0 Å². The van der Waals surface area contributed by atoms with Crippen molar-refractivity contribution >= 4 is 21.6 Å². The summed E-state index contributed by atoms with van der Waals surface area (Å²) in [6, 6.07) is 0. The van der Waals surface area contributed by atoms with Gasteiger partial charge in [-0.05, 0) is 0 Å². The first kappa shape index (κ1) is 20.6. The highest BCUT2D eigenvalue weighted by Gasteiger charge is 2.47. The summed E-state index contributed by atoms with van der Waals surface area (Å²) in [6.07, 6.45) is -11.0. The molecule has 0 saturated carbocycles. The molecular weight excluding hydrogens is 368 g/mol. The second-order valence-electron chi connectivity index (χ2n) is 5.59. The third-order valence-electron chi connectivity index (χ3n) is 3.94. The summed E-state index contributed by atoms with van der Waals surface area (Å²) in [6.45, 7) is -1.13. The Bertz CT molecular complexity index is 364. The molecule has 2 saturated heterocycles. The van der Waals surface area contributed by atoms with Gasteiger partial charge < -0.3 is 50.3 Å². The van der Waals surface area contributed by atoms with Crippen LogP contribution in [0.2, 0.25) is 0 Å².